The van der Waals surface area contributed by atoms with Gasteiger partial charge >= 0.3 is 5.97 Å². The molecule has 0 spiro atoms. The molecular weight excluding hydrogens is 418 g/mol. The number of aromatic nitrogens is 2. The summed E-state index contributed by atoms with van der Waals surface area (Å²) in [5.41, 5.74) is 1.80. The standard InChI is InChI=1S/C23H20ClN3O4/c1-14-5-7-16(12-17(14)24)23(9-11-31-19-4-3-10-25-20(19)23)27-21(28)18-8-6-15(13-26-18)22(29)30-2/h3-8,10,12-13H,9,11H2,1-2H3,(H,27,28)/t23-/m0/s1. The van der Waals surface area contributed by atoms with Crippen molar-refractivity contribution in [1.82, 2.24) is 15.3 Å². The first-order valence-corrected chi connectivity index (χ1v) is 10.0. The molecule has 0 fully saturated rings. The Balaban J connectivity index is 1.77. The SMILES string of the molecule is COC(=O)c1ccc(C(=O)N[C@]2(c3ccc(C)c(Cl)c3)CCOc3cccnc32)nc1. The lowest BCUT2D eigenvalue weighted by Gasteiger charge is -2.39. The summed E-state index contributed by atoms with van der Waals surface area (Å²) in [7, 11) is 1.29. The van der Waals surface area contributed by atoms with Gasteiger partial charge in [0.2, 0.25) is 0 Å². The molecule has 0 bridgehead atoms. The van der Waals surface area contributed by atoms with Crippen LogP contribution in [0.5, 0.6) is 5.75 Å². The minimum atomic E-state index is -0.952. The third-order valence-electron chi connectivity index (χ3n) is 5.32. The third-order valence-corrected chi connectivity index (χ3v) is 5.73. The molecule has 1 aliphatic heterocycles. The van der Waals surface area contributed by atoms with E-state index in [-0.39, 0.29) is 11.3 Å². The number of aryl methyl sites for hydroxylation is 1. The highest BCUT2D eigenvalue weighted by Gasteiger charge is 2.43. The number of nitrogens with zero attached hydrogens (tertiary/aromatic N) is 2. The number of hydrogen-bond acceptors (Lipinski definition) is 6. The summed E-state index contributed by atoms with van der Waals surface area (Å²) in [4.78, 5) is 33.5. The zero-order valence-electron chi connectivity index (χ0n) is 17.0. The van der Waals surface area contributed by atoms with Gasteiger partial charge in [-0.25, -0.2) is 4.79 Å². The van der Waals surface area contributed by atoms with Crippen LogP contribution in [-0.4, -0.2) is 35.6 Å². The van der Waals surface area contributed by atoms with E-state index in [0.29, 0.717) is 29.5 Å². The molecule has 4 rings (SSSR count). The number of hydrogen-bond donors (Lipinski definition) is 1. The first kappa shape index (κ1) is 20.8. The van der Waals surface area contributed by atoms with Crippen molar-refractivity contribution >= 4 is 23.5 Å². The smallest absolute Gasteiger partial charge is 0.339 e. The van der Waals surface area contributed by atoms with Crippen molar-refractivity contribution in [2.75, 3.05) is 13.7 Å². The van der Waals surface area contributed by atoms with Gasteiger partial charge in [0.15, 0.2) is 0 Å². The quantitative estimate of drug-likeness (QED) is 0.626. The Bertz CT molecular complexity index is 1150. The lowest BCUT2D eigenvalue weighted by Crippen LogP contribution is -2.50. The Morgan fingerprint density at radius 3 is 2.74 bits per heavy atom. The van der Waals surface area contributed by atoms with E-state index < -0.39 is 17.4 Å². The van der Waals surface area contributed by atoms with E-state index >= 15 is 0 Å². The maximum Gasteiger partial charge on any atom is 0.339 e. The lowest BCUT2D eigenvalue weighted by molar-refractivity contribution is 0.0599. The van der Waals surface area contributed by atoms with Gasteiger partial charge in [0, 0.05) is 23.8 Å². The van der Waals surface area contributed by atoms with Crippen LogP contribution in [0.25, 0.3) is 0 Å². The van der Waals surface area contributed by atoms with E-state index in [0.717, 1.165) is 11.1 Å². The van der Waals surface area contributed by atoms with Gasteiger partial charge < -0.3 is 14.8 Å². The van der Waals surface area contributed by atoms with Gasteiger partial charge in [-0.15, -0.1) is 0 Å². The molecule has 1 atom stereocenters. The number of nitrogens with one attached hydrogen (secondary N) is 1. The molecular formula is C23H20ClN3O4. The Kier molecular flexibility index (Phi) is 5.61. The van der Waals surface area contributed by atoms with Gasteiger partial charge in [0.1, 0.15) is 22.7 Å². The molecule has 1 aliphatic rings. The molecule has 2 aromatic heterocycles. The van der Waals surface area contributed by atoms with Crippen LogP contribution in [0.2, 0.25) is 5.02 Å². The van der Waals surface area contributed by atoms with Gasteiger partial charge in [0.05, 0.1) is 19.3 Å². The summed E-state index contributed by atoms with van der Waals surface area (Å²) in [5, 5.41) is 3.70. The fraction of sp³-hybridized carbons (Fsp3) is 0.217. The fourth-order valence-corrected chi connectivity index (χ4v) is 3.80. The Hall–Kier alpha value is -3.45. The largest absolute Gasteiger partial charge is 0.491 e. The molecule has 0 radical (unpaired) electrons. The van der Waals surface area contributed by atoms with E-state index in [2.05, 4.69) is 20.0 Å². The van der Waals surface area contributed by atoms with Crippen LogP contribution >= 0.6 is 11.6 Å². The number of benzene rings is 1. The van der Waals surface area contributed by atoms with E-state index in [1.807, 2.05) is 31.2 Å². The summed E-state index contributed by atoms with van der Waals surface area (Å²) in [6, 6.07) is 12.3. The second-order valence-electron chi connectivity index (χ2n) is 7.20. The first-order valence-electron chi connectivity index (χ1n) is 9.66. The maximum absolute atomic E-state index is 13.2. The molecule has 0 unspecified atom stereocenters. The number of esters is 1. The van der Waals surface area contributed by atoms with E-state index in [4.69, 9.17) is 16.3 Å². The van der Waals surface area contributed by atoms with Crippen molar-refractivity contribution in [1.29, 1.82) is 0 Å². The van der Waals surface area contributed by atoms with E-state index in [9.17, 15) is 9.59 Å². The van der Waals surface area contributed by atoms with Crippen LogP contribution in [0.3, 0.4) is 0 Å². The molecule has 7 nitrogen and oxygen atoms in total. The topological polar surface area (TPSA) is 90.4 Å². The van der Waals surface area contributed by atoms with Gasteiger partial charge in [-0.1, -0.05) is 23.7 Å². The summed E-state index contributed by atoms with van der Waals surface area (Å²) < 4.78 is 10.5. The molecule has 0 saturated carbocycles. The lowest BCUT2D eigenvalue weighted by atomic mass is 9.81. The first-order chi connectivity index (χ1) is 14.9. The number of carbonyl (C=O) groups is 2. The van der Waals surface area contributed by atoms with Gasteiger partial charge in [-0.05, 0) is 48.4 Å². The van der Waals surface area contributed by atoms with Crippen molar-refractivity contribution in [3.05, 3.63) is 88.0 Å². The van der Waals surface area contributed by atoms with E-state index in [1.54, 1.807) is 12.3 Å². The average molecular weight is 438 g/mol. The van der Waals surface area contributed by atoms with Crippen molar-refractivity contribution < 1.29 is 19.1 Å². The molecule has 0 aliphatic carbocycles. The second-order valence-corrected chi connectivity index (χ2v) is 7.60. The van der Waals surface area contributed by atoms with E-state index in [1.165, 1.54) is 25.4 Å². The van der Waals surface area contributed by atoms with Crippen molar-refractivity contribution in [2.45, 2.75) is 18.9 Å². The van der Waals surface area contributed by atoms with Crippen LogP contribution in [0, 0.1) is 6.92 Å². The molecule has 1 amide bonds. The van der Waals surface area contributed by atoms with Crippen LogP contribution in [0.15, 0.2) is 54.9 Å². The zero-order chi connectivity index (χ0) is 22.0. The molecule has 3 aromatic rings. The molecule has 158 valence electrons. The normalized spacial score (nSPS) is 17.3. The summed E-state index contributed by atoms with van der Waals surface area (Å²) in [6.07, 6.45) is 3.43. The van der Waals surface area contributed by atoms with Crippen LogP contribution < -0.4 is 10.1 Å². The Labute approximate surface area is 184 Å². The molecule has 1 aromatic carbocycles. The van der Waals surface area contributed by atoms with Gasteiger partial charge in [-0.3, -0.25) is 14.8 Å². The predicted octanol–water partition coefficient (Wildman–Crippen LogP) is 3.68. The minimum Gasteiger partial charge on any atom is -0.491 e. The number of pyridine rings is 2. The zero-order valence-corrected chi connectivity index (χ0v) is 17.8. The highest BCUT2D eigenvalue weighted by Crippen LogP contribution is 2.41. The van der Waals surface area contributed by atoms with Crippen LogP contribution in [0.4, 0.5) is 0 Å². The second kappa shape index (κ2) is 8.35. The van der Waals surface area contributed by atoms with Gasteiger partial charge in [-0.2, -0.15) is 0 Å². The monoisotopic (exact) mass is 437 g/mol. The molecule has 8 heteroatoms. The summed E-state index contributed by atoms with van der Waals surface area (Å²) in [6.45, 7) is 2.31. The molecule has 31 heavy (non-hydrogen) atoms. The number of ether oxygens (including phenoxy) is 2. The number of fused-ring (bicyclic) bond motifs is 1. The number of amides is 1. The Morgan fingerprint density at radius 2 is 2.03 bits per heavy atom. The predicted molar refractivity (Wildman–Crippen MR) is 114 cm³/mol. The van der Waals surface area contributed by atoms with Crippen molar-refractivity contribution in [2.24, 2.45) is 0 Å². The molecule has 0 saturated heterocycles. The molecule has 1 N–H and O–H groups in total. The number of rotatable bonds is 4. The number of methoxy groups -OCH3 is 1. The molecule has 3 heterocycles. The fourth-order valence-electron chi connectivity index (χ4n) is 3.62. The highest BCUT2D eigenvalue weighted by molar-refractivity contribution is 6.31. The minimum absolute atomic E-state index is 0.161. The van der Waals surface area contributed by atoms with Gasteiger partial charge in [0.25, 0.3) is 5.91 Å². The van der Waals surface area contributed by atoms with Crippen molar-refractivity contribution in [3.8, 4) is 5.75 Å². The van der Waals surface area contributed by atoms with Crippen LogP contribution in [0.1, 0.15) is 44.1 Å². The number of carbonyl (C=O) groups excluding carboxylic acids is 2. The number of halogens is 1. The summed E-state index contributed by atoms with van der Waals surface area (Å²) in [5.74, 6) is -0.334. The highest BCUT2D eigenvalue weighted by atomic mass is 35.5. The maximum atomic E-state index is 13.2. The van der Waals surface area contributed by atoms with Crippen molar-refractivity contribution in [3.63, 3.8) is 0 Å². The summed E-state index contributed by atoms with van der Waals surface area (Å²) >= 11 is 6.42. The average Bonchev–Trinajstić information content (AvgIpc) is 2.80. The third kappa shape index (κ3) is 3.84. The Morgan fingerprint density at radius 1 is 1.19 bits per heavy atom. The van der Waals surface area contributed by atoms with Crippen LogP contribution in [-0.2, 0) is 10.3 Å².